The molecule has 8 rings (SSSR count). The van der Waals surface area contributed by atoms with E-state index in [1.165, 1.54) is 74.4 Å². The SMILES string of the molecule is C[C@@H](Nc1nc(CN2CCOCC2)nc2sc3c(c12)CCCC3)C12CC3CC(CC(C3)C1)C2. The topological polar surface area (TPSA) is 50.3 Å². The quantitative estimate of drug-likeness (QED) is 0.638. The Kier molecular flexibility index (Phi) is 5.22. The summed E-state index contributed by atoms with van der Waals surface area (Å²) in [5.41, 5.74) is 2.03. The Hall–Kier alpha value is -1.24. The van der Waals surface area contributed by atoms with Crippen LogP contribution < -0.4 is 5.32 Å². The van der Waals surface area contributed by atoms with Crippen molar-refractivity contribution in [2.24, 2.45) is 23.2 Å². The number of aromatic nitrogens is 2. The molecule has 33 heavy (non-hydrogen) atoms. The van der Waals surface area contributed by atoms with Crippen LogP contribution in [0, 0.1) is 23.2 Å². The van der Waals surface area contributed by atoms with Crippen molar-refractivity contribution in [2.75, 3.05) is 31.6 Å². The van der Waals surface area contributed by atoms with Crippen LogP contribution in [0.5, 0.6) is 0 Å². The summed E-state index contributed by atoms with van der Waals surface area (Å²) >= 11 is 1.94. The molecule has 4 bridgehead atoms. The predicted molar refractivity (Wildman–Crippen MR) is 134 cm³/mol. The van der Waals surface area contributed by atoms with Gasteiger partial charge < -0.3 is 10.1 Å². The highest BCUT2D eigenvalue weighted by Crippen LogP contribution is 2.61. The molecule has 0 unspecified atom stereocenters. The molecule has 178 valence electrons. The first-order valence-corrected chi connectivity index (χ1v) is 14.3. The number of morpholine rings is 1. The van der Waals surface area contributed by atoms with Gasteiger partial charge in [0, 0.05) is 24.0 Å². The fourth-order valence-corrected chi connectivity index (χ4v) is 9.68. The fourth-order valence-electron chi connectivity index (χ4n) is 8.40. The van der Waals surface area contributed by atoms with E-state index in [9.17, 15) is 0 Å². The lowest BCUT2D eigenvalue weighted by Gasteiger charge is -2.59. The van der Waals surface area contributed by atoms with Gasteiger partial charge >= 0.3 is 0 Å². The van der Waals surface area contributed by atoms with Crippen molar-refractivity contribution in [3.8, 4) is 0 Å². The van der Waals surface area contributed by atoms with Crippen LogP contribution in [0.1, 0.15) is 74.6 Å². The smallest absolute Gasteiger partial charge is 0.146 e. The highest BCUT2D eigenvalue weighted by atomic mass is 32.1. The minimum absolute atomic E-state index is 0.479. The maximum Gasteiger partial charge on any atom is 0.146 e. The van der Waals surface area contributed by atoms with E-state index in [2.05, 4.69) is 17.1 Å². The standard InChI is InChI=1S/C27H38N4OS/c1-17(27-13-18-10-19(14-27)12-20(11-18)15-27)28-25-24-21-4-2-3-5-22(21)33-26(24)30-23(29-25)16-31-6-8-32-9-7-31/h17-20H,2-16H2,1H3,(H,28,29,30)/t17-,18?,19?,20?,27?/m1/s1. The first-order valence-electron chi connectivity index (χ1n) is 13.5. The third-order valence-corrected chi connectivity index (χ3v) is 10.9. The zero-order valence-corrected chi connectivity index (χ0v) is 20.9. The number of nitrogens with one attached hydrogen (secondary N) is 1. The number of ether oxygens (including phenoxy) is 1. The van der Waals surface area contributed by atoms with Gasteiger partial charge in [0.1, 0.15) is 16.5 Å². The van der Waals surface area contributed by atoms with E-state index < -0.39 is 0 Å². The summed E-state index contributed by atoms with van der Waals surface area (Å²) in [6.45, 7) is 6.92. The number of hydrogen-bond acceptors (Lipinski definition) is 6. The molecule has 2 aromatic rings. The monoisotopic (exact) mass is 466 g/mol. The minimum atomic E-state index is 0.479. The molecule has 5 nitrogen and oxygen atoms in total. The van der Waals surface area contributed by atoms with Crippen LogP contribution in [0.15, 0.2) is 0 Å². The van der Waals surface area contributed by atoms with Crippen molar-refractivity contribution in [2.45, 2.75) is 83.7 Å². The number of hydrogen-bond donors (Lipinski definition) is 1. The second kappa shape index (κ2) is 8.17. The molecule has 4 saturated carbocycles. The van der Waals surface area contributed by atoms with Gasteiger partial charge in [0.15, 0.2) is 0 Å². The molecule has 5 aliphatic carbocycles. The first kappa shape index (κ1) is 21.1. The highest BCUT2D eigenvalue weighted by Gasteiger charge is 2.53. The minimum Gasteiger partial charge on any atom is -0.379 e. The molecule has 0 amide bonds. The molecular formula is C27H38N4OS. The molecule has 0 spiro atoms. The molecule has 0 radical (unpaired) electrons. The van der Waals surface area contributed by atoms with E-state index in [4.69, 9.17) is 14.7 Å². The average Bonchev–Trinajstić information content (AvgIpc) is 3.17. The van der Waals surface area contributed by atoms with Gasteiger partial charge in [-0.05, 0) is 99.9 Å². The van der Waals surface area contributed by atoms with Crippen molar-refractivity contribution in [1.29, 1.82) is 0 Å². The Labute approximate surface area is 201 Å². The van der Waals surface area contributed by atoms with Crippen molar-refractivity contribution in [3.05, 3.63) is 16.3 Å². The lowest BCUT2D eigenvalue weighted by Crippen LogP contribution is -2.53. The molecule has 1 N–H and O–H groups in total. The molecule has 5 fully saturated rings. The average molecular weight is 467 g/mol. The summed E-state index contributed by atoms with van der Waals surface area (Å²) in [6, 6.07) is 0.486. The summed E-state index contributed by atoms with van der Waals surface area (Å²) in [7, 11) is 0. The van der Waals surface area contributed by atoms with Crippen molar-refractivity contribution in [3.63, 3.8) is 0 Å². The van der Waals surface area contributed by atoms with E-state index in [1.807, 2.05) is 11.3 Å². The van der Waals surface area contributed by atoms with Gasteiger partial charge in [0.25, 0.3) is 0 Å². The van der Waals surface area contributed by atoms with Gasteiger partial charge in [-0.15, -0.1) is 11.3 Å². The predicted octanol–water partition coefficient (Wildman–Crippen LogP) is 5.42. The Morgan fingerprint density at radius 2 is 1.73 bits per heavy atom. The van der Waals surface area contributed by atoms with Gasteiger partial charge in [-0.25, -0.2) is 9.97 Å². The third-order valence-electron chi connectivity index (χ3n) is 9.69. The summed E-state index contributed by atoms with van der Waals surface area (Å²) in [5, 5.41) is 5.43. The Morgan fingerprint density at radius 1 is 1.03 bits per heavy atom. The normalized spacial score (nSPS) is 34.5. The van der Waals surface area contributed by atoms with Crippen LogP contribution in [0.25, 0.3) is 10.2 Å². The first-order chi connectivity index (χ1) is 16.1. The summed E-state index contributed by atoms with van der Waals surface area (Å²) in [6.07, 6.45) is 13.9. The number of thiophene rings is 1. The molecule has 0 aromatic carbocycles. The Bertz CT molecular complexity index is 1010. The largest absolute Gasteiger partial charge is 0.379 e. The summed E-state index contributed by atoms with van der Waals surface area (Å²) in [4.78, 5) is 15.6. The summed E-state index contributed by atoms with van der Waals surface area (Å²) < 4.78 is 5.56. The van der Waals surface area contributed by atoms with Crippen molar-refractivity contribution in [1.82, 2.24) is 14.9 Å². The van der Waals surface area contributed by atoms with Crippen LogP contribution in [0.4, 0.5) is 5.82 Å². The van der Waals surface area contributed by atoms with Gasteiger partial charge in [-0.1, -0.05) is 0 Å². The van der Waals surface area contributed by atoms with Gasteiger partial charge in [-0.3, -0.25) is 4.90 Å². The zero-order chi connectivity index (χ0) is 22.0. The molecule has 1 aliphatic heterocycles. The number of fused-ring (bicyclic) bond motifs is 3. The van der Waals surface area contributed by atoms with Crippen molar-refractivity contribution >= 4 is 27.4 Å². The molecule has 1 saturated heterocycles. The molecule has 6 heteroatoms. The zero-order valence-electron chi connectivity index (χ0n) is 20.1. The third kappa shape index (κ3) is 3.71. The van der Waals surface area contributed by atoms with Gasteiger partial charge in [-0.2, -0.15) is 0 Å². The second-order valence-electron chi connectivity index (χ2n) is 11.9. The van der Waals surface area contributed by atoms with Crippen LogP contribution in [-0.2, 0) is 24.1 Å². The number of aryl methyl sites for hydroxylation is 2. The van der Waals surface area contributed by atoms with Crippen LogP contribution in [-0.4, -0.2) is 47.2 Å². The summed E-state index contributed by atoms with van der Waals surface area (Å²) in [5.74, 6) is 5.08. The number of nitrogens with zero attached hydrogens (tertiary/aromatic N) is 3. The van der Waals surface area contributed by atoms with Gasteiger partial charge in [0.05, 0.1) is 25.1 Å². The molecular weight excluding hydrogens is 428 g/mol. The molecule has 6 aliphatic rings. The van der Waals surface area contributed by atoms with E-state index >= 15 is 0 Å². The maximum absolute atomic E-state index is 5.56. The van der Waals surface area contributed by atoms with E-state index in [-0.39, 0.29) is 0 Å². The van der Waals surface area contributed by atoms with E-state index in [0.717, 1.165) is 62.2 Å². The van der Waals surface area contributed by atoms with Crippen LogP contribution >= 0.6 is 11.3 Å². The molecule has 1 atom stereocenters. The fraction of sp³-hybridized carbons (Fsp3) is 0.778. The number of anilines is 1. The van der Waals surface area contributed by atoms with Gasteiger partial charge in [0.2, 0.25) is 0 Å². The Morgan fingerprint density at radius 3 is 2.45 bits per heavy atom. The molecule has 2 aromatic heterocycles. The maximum atomic E-state index is 5.56. The second-order valence-corrected chi connectivity index (χ2v) is 13.0. The lowest BCUT2D eigenvalue weighted by atomic mass is 9.48. The van der Waals surface area contributed by atoms with Crippen LogP contribution in [0.2, 0.25) is 0 Å². The Balaban J connectivity index is 1.24. The van der Waals surface area contributed by atoms with Crippen LogP contribution in [0.3, 0.4) is 0 Å². The lowest BCUT2D eigenvalue weighted by molar-refractivity contribution is -0.0602. The highest BCUT2D eigenvalue weighted by molar-refractivity contribution is 7.19. The van der Waals surface area contributed by atoms with E-state index in [0.29, 0.717) is 11.5 Å². The van der Waals surface area contributed by atoms with E-state index in [1.54, 1.807) is 10.4 Å². The molecule has 3 heterocycles. The van der Waals surface area contributed by atoms with Crippen molar-refractivity contribution < 1.29 is 4.74 Å². The number of rotatable bonds is 5.